The van der Waals surface area contributed by atoms with Crippen molar-refractivity contribution in [2.24, 2.45) is 0 Å². The number of hydrogen-bond donors (Lipinski definition) is 0. The standard InChI is InChI=1S/C18H15O4P.C2H4O/c19-23(20-16-10-4-1-5-11-16,21-17-12-6-2-7-13-17)22-18-14-8-3-9-15-18;1-2-3-1/h1-15H;1-2H2. The molecule has 3 aromatic rings. The zero-order valence-corrected chi connectivity index (χ0v) is 15.0. The van der Waals surface area contributed by atoms with Crippen LogP contribution < -0.4 is 13.6 Å². The maximum absolute atomic E-state index is 13.1. The summed E-state index contributed by atoms with van der Waals surface area (Å²) in [6.45, 7) is 2.00. The van der Waals surface area contributed by atoms with Crippen LogP contribution in [0.15, 0.2) is 91.0 Å². The largest absolute Gasteiger partial charge is 0.647 e. The van der Waals surface area contributed by atoms with Crippen LogP contribution in [0.1, 0.15) is 0 Å². The van der Waals surface area contributed by atoms with Crippen LogP contribution in [0, 0.1) is 0 Å². The molecule has 3 aromatic carbocycles. The molecule has 0 atom stereocenters. The Balaban J connectivity index is 0.000000592. The average Bonchev–Trinajstić information content (AvgIpc) is 3.53. The zero-order chi connectivity index (χ0) is 18.1. The number of phosphoric acid groups is 1. The first-order chi connectivity index (χ1) is 12.7. The molecule has 0 saturated carbocycles. The molecule has 134 valence electrons. The van der Waals surface area contributed by atoms with Crippen molar-refractivity contribution in [2.75, 3.05) is 13.2 Å². The molecule has 0 unspecified atom stereocenters. The van der Waals surface area contributed by atoms with Crippen molar-refractivity contribution in [1.29, 1.82) is 0 Å². The van der Waals surface area contributed by atoms with Gasteiger partial charge in [0.2, 0.25) is 0 Å². The van der Waals surface area contributed by atoms with Gasteiger partial charge in [0.05, 0.1) is 13.2 Å². The van der Waals surface area contributed by atoms with Crippen molar-refractivity contribution in [3.8, 4) is 17.2 Å². The lowest BCUT2D eigenvalue weighted by atomic mass is 10.3. The van der Waals surface area contributed by atoms with E-state index >= 15 is 0 Å². The van der Waals surface area contributed by atoms with Gasteiger partial charge >= 0.3 is 7.82 Å². The van der Waals surface area contributed by atoms with Crippen molar-refractivity contribution < 1.29 is 22.9 Å². The van der Waals surface area contributed by atoms with Crippen LogP contribution in [0.2, 0.25) is 0 Å². The average molecular weight is 370 g/mol. The van der Waals surface area contributed by atoms with Gasteiger partial charge in [0, 0.05) is 0 Å². The molecule has 0 aliphatic carbocycles. The molecule has 1 heterocycles. The van der Waals surface area contributed by atoms with Gasteiger partial charge < -0.3 is 18.3 Å². The van der Waals surface area contributed by atoms with E-state index in [0.717, 1.165) is 13.2 Å². The van der Waals surface area contributed by atoms with Crippen LogP contribution in [0.25, 0.3) is 0 Å². The highest BCUT2D eigenvalue weighted by Gasteiger charge is 2.33. The van der Waals surface area contributed by atoms with E-state index < -0.39 is 7.82 Å². The highest BCUT2D eigenvalue weighted by atomic mass is 31.2. The summed E-state index contributed by atoms with van der Waals surface area (Å²) >= 11 is 0. The summed E-state index contributed by atoms with van der Waals surface area (Å²) in [5, 5.41) is 0. The molecule has 1 fully saturated rings. The summed E-state index contributed by atoms with van der Waals surface area (Å²) in [5.41, 5.74) is 0. The second-order valence-electron chi connectivity index (χ2n) is 5.27. The molecule has 0 amide bonds. The van der Waals surface area contributed by atoms with E-state index in [1.165, 1.54) is 0 Å². The minimum Gasteiger partial charge on any atom is -0.386 e. The predicted molar refractivity (Wildman–Crippen MR) is 99.6 cm³/mol. The molecule has 1 aliphatic rings. The third kappa shape index (κ3) is 6.28. The van der Waals surface area contributed by atoms with Gasteiger partial charge in [-0.05, 0) is 36.4 Å². The summed E-state index contributed by atoms with van der Waals surface area (Å²) in [7, 11) is -3.89. The molecule has 4 rings (SSSR count). The van der Waals surface area contributed by atoms with Crippen LogP contribution in [0.4, 0.5) is 0 Å². The molecule has 1 aliphatic heterocycles. The van der Waals surface area contributed by atoms with E-state index in [1.54, 1.807) is 72.8 Å². The number of rotatable bonds is 6. The third-order valence-electron chi connectivity index (χ3n) is 3.09. The van der Waals surface area contributed by atoms with Crippen LogP contribution >= 0.6 is 7.82 Å². The first-order valence-corrected chi connectivity index (χ1v) is 9.61. The molecular weight excluding hydrogens is 351 g/mol. The van der Waals surface area contributed by atoms with Crippen molar-refractivity contribution in [2.45, 2.75) is 0 Å². The Kier molecular flexibility index (Phi) is 6.31. The van der Waals surface area contributed by atoms with Crippen LogP contribution in [-0.2, 0) is 9.30 Å². The van der Waals surface area contributed by atoms with Crippen LogP contribution in [0.5, 0.6) is 17.2 Å². The normalized spacial score (nSPS) is 12.3. The SMILES string of the molecule is C1CO1.O=P(Oc1ccccc1)(Oc1ccccc1)Oc1ccccc1. The van der Waals surface area contributed by atoms with Gasteiger partial charge in [-0.3, -0.25) is 0 Å². The smallest absolute Gasteiger partial charge is 0.386 e. The van der Waals surface area contributed by atoms with Crippen molar-refractivity contribution in [3.63, 3.8) is 0 Å². The van der Waals surface area contributed by atoms with E-state index in [-0.39, 0.29) is 0 Å². The summed E-state index contributed by atoms with van der Waals surface area (Å²) in [4.78, 5) is 0. The second kappa shape index (κ2) is 9.09. The van der Waals surface area contributed by atoms with Gasteiger partial charge in [0.15, 0.2) is 0 Å². The fourth-order valence-corrected chi connectivity index (χ4v) is 3.14. The van der Waals surface area contributed by atoms with Gasteiger partial charge in [-0.15, -0.1) is 0 Å². The van der Waals surface area contributed by atoms with Crippen molar-refractivity contribution >= 4 is 7.82 Å². The molecule has 1 saturated heterocycles. The van der Waals surface area contributed by atoms with Crippen molar-refractivity contribution in [1.82, 2.24) is 0 Å². The maximum atomic E-state index is 13.1. The molecule has 0 aromatic heterocycles. The fraction of sp³-hybridized carbons (Fsp3) is 0.100. The summed E-state index contributed by atoms with van der Waals surface area (Å²) in [5.74, 6) is 1.22. The summed E-state index contributed by atoms with van der Waals surface area (Å²) in [6, 6.07) is 26.4. The lowest BCUT2D eigenvalue weighted by molar-refractivity contribution is 0.298. The molecule has 0 radical (unpaired) electrons. The molecule has 26 heavy (non-hydrogen) atoms. The zero-order valence-electron chi connectivity index (χ0n) is 14.1. The topological polar surface area (TPSA) is 57.3 Å². The Labute approximate surface area is 152 Å². The molecule has 0 bridgehead atoms. The monoisotopic (exact) mass is 370 g/mol. The Morgan fingerprint density at radius 1 is 0.577 bits per heavy atom. The van der Waals surface area contributed by atoms with E-state index in [4.69, 9.17) is 13.6 Å². The van der Waals surface area contributed by atoms with Gasteiger partial charge in [0.25, 0.3) is 0 Å². The summed E-state index contributed by atoms with van der Waals surface area (Å²) < 4.78 is 34.1. The second-order valence-corrected chi connectivity index (χ2v) is 6.71. The van der Waals surface area contributed by atoms with Gasteiger partial charge in [-0.2, -0.15) is 4.57 Å². The minimum absolute atomic E-state index is 0.405. The van der Waals surface area contributed by atoms with E-state index in [1.807, 2.05) is 18.2 Å². The lowest BCUT2D eigenvalue weighted by Gasteiger charge is -2.19. The van der Waals surface area contributed by atoms with E-state index in [2.05, 4.69) is 4.74 Å². The van der Waals surface area contributed by atoms with Crippen molar-refractivity contribution in [3.05, 3.63) is 91.0 Å². The Hall–Kier alpha value is -2.75. The minimum atomic E-state index is -3.89. The number of benzene rings is 3. The molecule has 0 N–H and O–H groups in total. The molecule has 6 heteroatoms. The predicted octanol–water partition coefficient (Wildman–Crippen LogP) is 5.35. The molecule has 5 nitrogen and oxygen atoms in total. The molecular formula is C20H19O5P. The number of epoxide rings is 1. The Morgan fingerprint density at radius 2 is 0.846 bits per heavy atom. The molecule has 0 spiro atoms. The lowest BCUT2D eigenvalue weighted by Crippen LogP contribution is -2.07. The number of phosphoric ester groups is 1. The number of ether oxygens (including phenoxy) is 1. The first-order valence-electron chi connectivity index (χ1n) is 8.15. The summed E-state index contributed by atoms with van der Waals surface area (Å²) in [6.07, 6.45) is 0. The number of hydrogen-bond acceptors (Lipinski definition) is 5. The Bertz CT molecular complexity index is 712. The first kappa shape index (κ1) is 18.1. The van der Waals surface area contributed by atoms with E-state index in [9.17, 15) is 4.57 Å². The Morgan fingerprint density at radius 3 is 1.08 bits per heavy atom. The highest BCUT2D eigenvalue weighted by Crippen LogP contribution is 2.49. The van der Waals surface area contributed by atoms with Gasteiger partial charge in [-0.1, -0.05) is 54.6 Å². The van der Waals surface area contributed by atoms with Crippen LogP contribution in [0.3, 0.4) is 0 Å². The highest BCUT2D eigenvalue weighted by molar-refractivity contribution is 7.49. The van der Waals surface area contributed by atoms with Gasteiger partial charge in [0.1, 0.15) is 17.2 Å². The maximum Gasteiger partial charge on any atom is 0.647 e. The number of para-hydroxylation sites is 3. The fourth-order valence-electron chi connectivity index (χ4n) is 1.89. The van der Waals surface area contributed by atoms with E-state index in [0.29, 0.717) is 17.2 Å². The van der Waals surface area contributed by atoms with Gasteiger partial charge in [-0.25, -0.2) is 0 Å². The van der Waals surface area contributed by atoms with Crippen LogP contribution in [-0.4, -0.2) is 13.2 Å². The third-order valence-corrected chi connectivity index (χ3v) is 4.39. The quantitative estimate of drug-likeness (QED) is 0.433.